The SMILES string of the molecule is CCCCCCCC/C=C/C/C=C/C/C=C/CCCC(=O)O[C@H](COC(=O)CCCCCCCCC/C=C/CCCCCCCC)COP(=O)(O)OC[C@@H](O)CO. The zero-order chi connectivity index (χ0) is 41.9. The molecule has 0 fully saturated rings. The van der Waals surface area contributed by atoms with E-state index in [1.165, 1.54) is 103 Å². The Hall–Kier alpha value is -2.07. The van der Waals surface area contributed by atoms with Gasteiger partial charge in [-0.05, 0) is 70.6 Å². The molecule has 0 aromatic rings. The lowest BCUT2D eigenvalue weighted by atomic mass is 10.1. The number of carbonyl (C=O) groups excluding carboxylic acids is 2. The van der Waals surface area contributed by atoms with Crippen LogP contribution >= 0.6 is 7.82 Å². The summed E-state index contributed by atoms with van der Waals surface area (Å²) in [6.07, 6.45) is 45.1. The number of ether oxygens (including phenoxy) is 2. The molecule has 0 aliphatic heterocycles. The van der Waals surface area contributed by atoms with Crippen molar-refractivity contribution in [3.8, 4) is 0 Å². The lowest BCUT2D eigenvalue weighted by Gasteiger charge is -2.20. The summed E-state index contributed by atoms with van der Waals surface area (Å²) >= 11 is 0. The van der Waals surface area contributed by atoms with E-state index in [1.54, 1.807) is 0 Å². The minimum atomic E-state index is -4.63. The fourth-order valence-electron chi connectivity index (χ4n) is 5.94. The van der Waals surface area contributed by atoms with Gasteiger partial charge in [0.2, 0.25) is 0 Å². The van der Waals surface area contributed by atoms with Gasteiger partial charge >= 0.3 is 19.8 Å². The Labute approximate surface area is 347 Å². The molecule has 57 heavy (non-hydrogen) atoms. The molecule has 3 N–H and O–H groups in total. The molecule has 10 nitrogen and oxygen atoms in total. The molecule has 0 radical (unpaired) electrons. The van der Waals surface area contributed by atoms with E-state index in [9.17, 15) is 24.2 Å². The number of allylic oxidation sites excluding steroid dienone is 8. The number of unbranched alkanes of at least 4 members (excludes halogenated alkanes) is 20. The van der Waals surface area contributed by atoms with Crippen LogP contribution in [0.2, 0.25) is 0 Å². The number of hydrogen-bond acceptors (Lipinski definition) is 9. The van der Waals surface area contributed by atoms with Crippen LogP contribution in [0, 0.1) is 0 Å². The van der Waals surface area contributed by atoms with Gasteiger partial charge in [-0.1, -0.05) is 159 Å². The molecular weight excluding hydrogens is 743 g/mol. The first kappa shape index (κ1) is 54.9. The summed E-state index contributed by atoms with van der Waals surface area (Å²) in [7, 11) is -4.63. The van der Waals surface area contributed by atoms with Gasteiger partial charge in [-0.2, -0.15) is 0 Å². The van der Waals surface area contributed by atoms with Crippen LogP contribution in [0.4, 0.5) is 0 Å². The van der Waals surface area contributed by atoms with Crippen molar-refractivity contribution >= 4 is 19.8 Å². The molecule has 0 aliphatic rings. The average molecular weight is 827 g/mol. The summed E-state index contributed by atoms with van der Waals surface area (Å²) in [5.41, 5.74) is 0. The number of aliphatic hydroxyl groups is 2. The summed E-state index contributed by atoms with van der Waals surface area (Å²) in [6, 6.07) is 0. The Morgan fingerprint density at radius 1 is 0.526 bits per heavy atom. The highest BCUT2D eigenvalue weighted by Gasteiger charge is 2.27. The Balaban J connectivity index is 4.36. The summed E-state index contributed by atoms with van der Waals surface area (Å²) in [5.74, 6) is -0.990. The molecule has 0 spiro atoms. The molecule has 0 saturated heterocycles. The topological polar surface area (TPSA) is 149 Å². The predicted octanol–water partition coefficient (Wildman–Crippen LogP) is 12.1. The van der Waals surface area contributed by atoms with Crippen molar-refractivity contribution < 1.29 is 47.8 Å². The van der Waals surface area contributed by atoms with Crippen LogP contribution in [0.3, 0.4) is 0 Å². The standard InChI is InChI=1S/C46H83O10P/c1-3-5-7-9-11-13-15-17-19-21-23-25-27-29-31-33-35-37-45(49)53-41-44(42-55-57(51,52)54-40-43(48)39-47)56-46(50)38-36-34-32-30-28-26-24-22-20-18-16-14-12-10-8-6-4-2/h17-20,24,26,30,32,43-44,47-48H,3-16,21-23,25,27-29,31,33-42H2,1-2H3,(H,51,52)/b19-17+,20-18+,26-24+,32-30+/t43-,44+/m0/s1. The molecule has 332 valence electrons. The quantitative estimate of drug-likeness (QED) is 0.0235. The highest BCUT2D eigenvalue weighted by molar-refractivity contribution is 7.47. The van der Waals surface area contributed by atoms with Gasteiger partial charge in [-0.3, -0.25) is 18.6 Å². The highest BCUT2D eigenvalue weighted by atomic mass is 31.2. The molecule has 0 rings (SSSR count). The van der Waals surface area contributed by atoms with Gasteiger partial charge in [-0.15, -0.1) is 0 Å². The van der Waals surface area contributed by atoms with Crippen LogP contribution < -0.4 is 0 Å². The molecule has 0 aromatic heterocycles. The molecule has 0 amide bonds. The number of hydrogen-bond donors (Lipinski definition) is 3. The number of carbonyl (C=O) groups is 2. The third kappa shape index (κ3) is 41.9. The van der Waals surface area contributed by atoms with Gasteiger partial charge in [0, 0.05) is 12.8 Å². The number of phosphoric ester groups is 1. The van der Waals surface area contributed by atoms with Gasteiger partial charge in [0.05, 0.1) is 19.8 Å². The lowest BCUT2D eigenvalue weighted by molar-refractivity contribution is -0.161. The number of esters is 2. The Kier molecular flexibility index (Phi) is 40.5. The summed E-state index contributed by atoms with van der Waals surface area (Å²) < 4.78 is 32.7. The second-order valence-electron chi connectivity index (χ2n) is 15.1. The highest BCUT2D eigenvalue weighted by Crippen LogP contribution is 2.43. The molecule has 0 saturated carbocycles. The third-order valence-corrected chi connectivity index (χ3v) is 10.4. The monoisotopic (exact) mass is 827 g/mol. The molecule has 1 unspecified atom stereocenters. The molecular formula is C46H83O10P. The fraction of sp³-hybridized carbons (Fsp3) is 0.783. The second-order valence-corrected chi connectivity index (χ2v) is 16.5. The zero-order valence-electron chi connectivity index (χ0n) is 36.0. The Morgan fingerprint density at radius 2 is 0.930 bits per heavy atom. The van der Waals surface area contributed by atoms with Crippen molar-refractivity contribution in [2.75, 3.05) is 26.4 Å². The molecule has 0 bridgehead atoms. The predicted molar refractivity (Wildman–Crippen MR) is 233 cm³/mol. The van der Waals surface area contributed by atoms with E-state index in [1.807, 2.05) is 6.08 Å². The number of rotatable bonds is 42. The maximum Gasteiger partial charge on any atom is 0.472 e. The van der Waals surface area contributed by atoms with E-state index < -0.39 is 51.8 Å². The minimum Gasteiger partial charge on any atom is -0.462 e. The molecule has 0 heterocycles. The van der Waals surface area contributed by atoms with Gasteiger partial charge in [0.25, 0.3) is 0 Å². The Bertz CT molecular complexity index is 1090. The fourth-order valence-corrected chi connectivity index (χ4v) is 6.73. The van der Waals surface area contributed by atoms with Crippen molar-refractivity contribution in [1.29, 1.82) is 0 Å². The first-order chi connectivity index (χ1) is 27.7. The Morgan fingerprint density at radius 3 is 1.44 bits per heavy atom. The minimum absolute atomic E-state index is 0.111. The number of aliphatic hydroxyl groups excluding tert-OH is 2. The van der Waals surface area contributed by atoms with Crippen molar-refractivity contribution in [1.82, 2.24) is 0 Å². The first-order valence-corrected chi connectivity index (χ1v) is 24.1. The van der Waals surface area contributed by atoms with E-state index in [-0.39, 0.29) is 19.4 Å². The van der Waals surface area contributed by atoms with E-state index in [2.05, 4.69) is 60.9 Å². The van der Waals surface area contributed by atoms with E-state index >= 15 is 0 Å². The van der Waals surface area contributed by atoms with Crippen LogP contribution in [0.25, 0.3) is 0 Å². The molecule has 0 aliphatic carbocycles. The van der Waals surface area contributed by atoms with Crippen LogP contribution in [0.5, 0.6) is 0 Å². The third-order valence-electron chi connectivity index (χ3n) is 9.46. The van der Waals surface area contributed by atoms with Crippen molar-refractivity contribution in [2.45, 2.75) is 206 Å². The first-order valence-electron chi connectivity index (χ1n) is 22.6. The molecule has 0 aromatic carbocycles. The van der Waals surface area contributed by atoms with Crippen molar-refractivity contribution in [3.05, 3.63) is 48.6 Å². The largest absolute Gasteiger partial charge is 0.472 e. The van der Waals surface area contributed by atoms with Gasteiger partial charge < -0.3 is 24.6 Å². The van der Waals surface area contributed by atoms with Crippen LogP contribution in [-0.4, -0.2) is 65.7 Å². The lowest BCUT2D eigenvalue weighted by Crippen LogP contribution is -2.29. The number of phosphoric acid groups is 1. The van der Waals surface area contributed by atoms with Crippen LogP contribution in [0.15, 0.2) is 48.6 Å². The maximum atomic E-state index is 12.6. The summed E-state index contributed by atoms with van der Waals surface area (Å²) in [6.45, 7) is 2.31. The smallest absolute Gasteiger partial charge is 0.462 e. The normalized spacial score (nSPS) is 14.3. The van der Waals surface area contributed by atoms with E-state index in [0.29, 0.717) is 19.3 Å². The second kappa shape index (κ2) is 42.1. The van der Waals surface area contributed by atoms with Crippen LogP contribution in [-0.2, 0) is 32.7 Å². The summed E-state index contributed by atoms with van der Waals surface area (Å²) in [5, 5.41) is 18.3. The molecule has 3 atom stereocenters. The van der Waals surface area contributed by atoms with Gasteiger partial charge in [0.1, 0.15) is 12.7 Å². The zero-order valence-corrected chi connectivity index (χ0v) is 36.9. The van der Waals surface area contributed by atoms with E-state index in [4.69, 9.17) is 19.1 Å². The summed E-state index contributed by atoms with van der Waals surface area (Å²) in [4.78, 5) is 35.0. The average Bonchev–Trinajstić information content (AvgIpc) is 3.20. The van der Waals surface area contributed by atoms with E-state index in [0.717, 1.165) is 44.9 Å². The van der Waals surface area contributed by atoms with Gasteiger partial charge in [0.15, 0.2) is 6.10 Å². The molecule has 11 heteroatoms. The van der Waals surface area contributed by atoms with Gasteiger partial charge in [-0.25, -0.2) is 4.57 Å². The maximum absolute atomic E-state index is 12.6. The van der Waals surface area contributed by atoms with Crippen molar-refractivity contribution in [2.24, 2.45) is 0 Å². The van der Waals surface area contributed by atoms with Crippen molar-refractivity contribution in [3.63, 3.8) is 0 Å². The van der Waals surface area contributed by atoms with Crippen LogP contribution in [0.1, 0.15) is 194 Å².